The topological polar surface area (TPSA) is 232 Å². The number of alkyl halides is 2. The first-order valence-electron chi connectivity index (χ1n) is 4.59. The van der Waals surface area contributed by atoms with Crippen LogP contribution in [0, 0.1) is 0 Å². The molecular weight excluding hydrogens is 485 g/mol. The fourth-order valence-corrected chi connectivity index (χ4v) is 3.86. The molecule has 112 valence electrons. The van der Waals surface area contributed by atoms with Gasteiger partial charge in [-0.1, -0.05) is 0 Å². The van der Waals surface area contributed by atoms with Crippen molar-refractivity contribution < 1.29 is 20.7 Å². The average Bonchev–Trinajstić information content (AvgIpc) is 2.13. The van der Waals surface area contributed by atoms with Crippen molar-refractivity contribution in [3.63, 3.8) is 0 Å². The van der Waals surface area contributed by atoms with E-state index in [1.165, 1.54) is 0 Å². The van der Waals surface area contributed by atoms with Gasteiger partial charge < -0.3 is 0 Å². The summed E-state index contributed by atoms with van der Waals surface area (Å²) in [6.45, 7) is 2.58. The molecule has 0 aliphatic heterocycles. The van der Waals surface area contributed by atoms with Crippen molar-refractivity contribution in [1.82, 2.24) is 10.9 Å². The molecule has 0 aromatic rings. The van der Waals surface area contributed by atoms with Crippen LogP contribution in [0.3, 0.4) is 0 Å². The zero-order valence-electron chi connectivity index (χ0n) is 9.66. The molecule has 1 atom stereocenters. The molecule has 0 aliphatic rings. The van der Waals surface area contributed by atoms with Crippen LogP contribution in [0.4, 0.5) is 0 Å². The van der Waals surface area contributed by atoms with Crippen LogP contribution in [0.1, 0.15) is 0 Å². The summed E-state index contributed by atoms with van der Waals surface area (Å²) in [7, 11) is 0. The maximum absolute atomic E-state index is 5.84. The average molecular weight is 507 g/mol. The van der Waals surface area contributed by atoms with Crippen molar-refractivity contribution in [1.29, 1.82) is 0 Å². The molecule has 0 amide bonds. The Morgan fingerprint density at radius 2 is 1.28 bits per heavy atom. The van der Waals surface area contributed by atoms with Gasteiger partial charge in [0.15, 0.2) is 0 Å². The van der Waals surface area contributed by atoms with Crippen LogP contribution in [0.25, 0.3) is 0 Å². The third-order valence-corrected chi connectivity index (χ3v) is 5.81. The van der Waals surface area contributed by atoms with Gasteiger partial charge in [0.05, 0.1) is 0 Å². The van der Waals surface area contributed by atoms with E-state index in [9.17, 15) is 0 Å². The van der Waals surface area contributed by atoms with Crippen molar-refractivity contribution in [3.05, 3.63) is 0 Å². The van der Waals surface area contributed by atoms with E-state index in [1.54, 1.807) is 22.6 Å². The van der Waals surface area contributed by atoms with Gasteiger partial charge in [-0.25, -0.2) is 0 Å². The summed E-state index contributed by atoms with van der Waals surface area (Å²) >= 11 is 1.38. The molecule has 0 heterocycles. The number of rotatable bonds is 7. The molecule has 0 spiro atoms. The Balaban J connectivity index is 4.72. The molecule has 13 heteroatoms. The fraction of sp³-hybridized carbons (Fsp3) is 1.00. The first kappa shape index (κ1) is 19.5. The van der Waals surface area contributed by atoms with Gasteiger partial charge in [-0.3, -0.25) is 0 Å². The molecule has 10 nitrogen and oxygen atoms in total. The van der Waals surface area contributed by atoms with E-state index in [0.717, 1.165) is 0 Å². The minimum absolute atomic E-state index is 0.286. The summed E-state index contributed by atoms with van der Waals surface area (Å²) in [5.41, 5.74) is 49.4. The summed E-state index contributed by atoms with van der Waals surface area (Å²) in [6, 6.07) is 0. The summed E-state index contributed by atoms with van der Waals surface area (Å²) < 4.78 is -0.992. The van der Waals surface area contributed by atoms with E-state index in [-0.39, 0.29) is 20.7 Å². The van der Waals surface area contributed by atoms with Gasteiger partial charge in [-0.05, 0) is 0 Å². The molecule has 1 unspecified atom stereocenters. The number of nitrogens with one attached hydrogen (secondary N) is 2. The molecule has 0 saturated carbocycles. The van der Waals surface area contributed by atoms with E-state index >= 15 is 0 Å². The molecule has 0 radical (unpaired) electrons. The molecule has 0 bridgehead atoms. The standard InChI is InChI=1S/C5H22I2N10P/c6-3(10,11)5(14,15)17-16-4(12,13)2(8,9)1-7-18/h16-17H,1,8-15,18H2/q-1. The Kier molecular flexibility index (Phi) is 7.04. The Labute approximate surface area is 131 Å². The van der Waals surface area contributed by atoms with E-state index in [4.69, 9.17) is 45.9 Å². The van der Waals surface area contributed by atoms with Crippen LogP contribution in [0.15, 0.2) is 0 Å². The summed E-state index contributed by atoms with van der Waals surface area (Å²) in [6.07, 6.45) is 0. The number of nitrogens with two attached hydrogens (primary N) is 8. The number of hydrogen-bond donors (Lipinski definition) is 10. The predicted octanol–water partition coefficient (Wildman–Crippen LogP) is -8.28. The van der Waals surface area contributed by atoms with E-state index in [1.807, 2.05) is 0 Å². The number of hydrogen-bond acceptors (Lipinski definition) is 10. The molecule has 0 fully saturated rings. The molecule has 18 heavy (non-hydrogen) atoms. The summed E-state index contributed by atoms with van der Waals surface area (Å²) in [5, 5.41) is 0. The normalized spacial score (nSPS) is 15.2. The summed E-state index contributed by atoms with van der Waals surface area (Å²) in [4.78, 5) is 0. The van der Waals surface area contributed by atoms with Gasteiger partial charge >= 0.3 is 132 Å². The Morgan fingerprint density at radius 1 is 0.889 bits per heavy atom. The Morgan fingerprint density at radius 3 is 1.61 bits per heavy atom. The van der Waals surface area contributed by atoms with Gasteiger partial charge in [0.25, 0.3) is 0 Å². The minimum atomic E-state index is -1.68. The molecule has 0 rings (SSSR count). The molecule has 0 saturated heterocycles. The van der Waals surface area contributed by atoms with E-state index in [0.29, 0.717) is 4.43 Å². The van der Waals surface area contributed by atoms with Gasteiger partial charge in [-0.15, -0.1) is 0 Å². The van der Waals surface area contributed by atoms with E-state index < -0.39 is 20.9 Å². The van der Waals surface area contributed by atoms with Gasteiger partial charge in [0, 0.05) is 0 Å². The van der Waals surface area contributed by atoms with Gasteiger partial charge in [0.2, 0.25) is 0 Å². The zero-order valence-corrected chi connectivity index (χ0v) is 15.1. The molecule has 0 aromatic heterocycles. The summed E-state index contributed by atoms with van der Waals surface area (Å²) in [5.74, 6) is -3.32. The van der Waals surface area contributed by atoms with Gasteiger partial charge in [-0.2, -0.15) is 0 Å². The SMILES string of the molecule is NC(N)(I)C(N)(N)NNC(N)(N)C(N)(N)C[I-]P. The Hall–Kier alpha value is 1.49. The van der Waals surface area contributed by atoms with Crippen LogP contribution in [0.5, 0.6) is 0 Å². The van der Waals surface area contributed by atoms with Crippen molar-refractivity contribution >= 4 is 29.5 Å². The maximum atomic E-state index is 5.84. The molecule has 18 N–H and O–H groups in total. The molecule has 0 aliphatic carbocycles. The first-order valence-corrected chi connectivity index (χ1v) is 11.4. The molecular formula is C5H22I2N10P-. The first-order chi connectivity index (χ1) is 7.77. The van der Waals surface area contributed by atoms with Crippen molar-refractivity contribution in [2.24, 2.45) is 45.9 Å². The second-order valence-corrected chi connectivity index (χ2v) is 9.58. The Bertz CT molecular complexity index is 276. The number of hydrazine groups is 1. The van der Waals surface area contributed by atoms with Crippen molar-refractivity contribution in [2.75, 3.05) is 4.43 Å². The third-order valence-electron chi connectivity index (χ3n) is 2.18. The monoisotopic (exact) mass is 507 g/mol. The second-order valence-electron chi connectivity index (χ2n) is 4.08. The van der Waals surface area contributed by atoms with Crippen LogP contribution in [-0.4, -0.2) is 25.3 Å². The quantitative estimate of drug-likeness (QED) is 0.0391. The van der Waals surface area contributed by atoms with Crippen molar-refractivity contribution in [2.45, 2.75) is 20.9 Å². The van der Waals surface area contributed by atoms with Crippen LogP contribution >= 0.6 is 29.5 Å². The van der Waals surface area contributed by atoms with Gasteiger partial charge in [0.1, 0.15) is 0 Å². The van der Waals surface area contributed by atoms with Crippen molar-refractivity contribution in [3.8, 4) is 0 Å². The fourth-order valence-electron chi connectivity index (χ4n) is 0.657. The van der Waals surface area contributed by atoms with Crippen LogP contribution in [0.2, 0.25) is 0 Å². The third kappa shape index (κ3) is 5.12. The molecule has 0 aromatic carbocycles. The van der Waals surface area contributed by atoms with Crippen LogP contribution in [-0.2, 0) is 0 Å². The predicted molar refractivity (Wildman–Crippen MR) is 79.3 cm³/mol. The zero-order chi connectivity index (χ0) is 14.8. The number of halogens is 2. The van der Waals surface area contributed by atoms with E-state index in [2.05, 4.69) is 17.7 Å². The second kappa shape index (κ2) is 6.50. The van der Waals surface area contributed by atoms with Crippen LogP contribution < -0.4 is 77.4 Å².